The molecule has 5 rings (SSSR count). The van der Waals surface area contributed by atoms with Crippen LogP contribution in [-0.4, -0.2) is 195 Å². The summed E-state index contributed by atoms with van der Waals surface area (Å²) in [5.41, 5.74) is 5.69. The molecule has 0 aromatic rings. The molecule has 1 saturated heterocycles. The van der Waals surface area contributed by atoms with E-state index in [4.69, 9.17) is 10.5 Å². The average Bonchev–Trinajstić information content (AvgIpc) is 3.59. The van der Waals surface area contributed by atoms with Gasteiger partial charge in [0, 0.05) is 65.3 Å². The van der Waals surface area contributed by atoms with Gasteiger partial charge in [-0.25, -0.2) is 4.79 Å². The van der Waals surface area contributed by atoms with Gasteiger partial charge in [-0.05, 0) is 117 Å². The molecule has 1 amide bonds. The molecule has 65 heavy (non-hydrogen) atoms. The Balaban J connectivity index is 1.02. The van der Waals surface area contributed by atoms with Gasteiger partial charge in [-0.3, -0.25) is 43.6 Å². The van der Waals surface area contributed by atoms with E-state index in [0.717, 1.165) is 25.7 Å². The van der Waals surface area contributed by atoms with Crippen LogP contribution in [0.5, 0.6) is 0 Å². The molecule has 19 heteroatoms. The summed E-state index contributed by atoms with van der Waals surface area (Å²) in [6.45, 7) is 8.38. The van der Waals surface area contributed by atoms with Gasteiger partial charge in [0.15, 0.2) is 0 Å². The highest BCUT2D eigenvalue weighted by atomic mass is 16.6. The van der Waals surface area contributed by atoms with Gasteiger partial charge in [-0.1, -0.05) is 20.8 Å². The van der Waals surface area contributed by atoms with Crippen molar-refractivity contribution in [3.8, 4) is 0 Å². The number of hydrogen-bond donors (Lipinski definition) is 8. The molecule has 3 unspecified atom stereocenters. The summed E-state index contributed by atoms with van der Waals surface area (Å²) in [6, 6.07) is -1.02. The van der Waals surface area contributed by atoms with Crippen molar-refractivity contribution in [1.29, 1.82) is 0 Å². The van der Waals surface area contributed by atoms with Crippen LogP contribution in [0.2, 0.25) is 0 Å². The lowest BCUT2D eigenvalue weighted by Gasteiger charge is -2.63. The lowest BCUT2D eigenvalue weighted by Crippen LogP contribution is -2.62. The van der Waals surface area contributed by atoms with Gasteiger partial charge in [0.2, 0.25) is 5.91 Å². The summed E-state index contributed by atoms with van der Waals surface area (Å²) < 4.78 is 5.16. The lowest BCUT2D eigenvalue weighted by molar-refractivity contribution is -0.207. The highest BCUT2D eigenvalue weighted by Crippen LogP contribution is 2.68. The fraction of sp³-hybridized carbons (Fsp3) is 0.870. The molecule has 0 aromatic carbocycles. The van der Waals surface area contributed by atoms with E-state index in [2.05, 4.69) is 26.1 Å². The van der Waals surface area contributed by atoms with E-state index in [1.54, 1.807) is 14.7 Å². The maximum absolute atomic E-state index is 13.0. The molecule has 0 aromatic heterocycles. The Morgan fingerprint density at radius 3 is 1.78 bits per heavy atom. The van der Waals surface area contributed by atoms with E-state index < -0.39 is 53.5 Å². The van der Waals surface area contributed by atoms with Crippen LogP contribution in [0, 0.1) is 46.3 Å². The molecule has 12 atom stereocenters. The number of ether oxygens (including phenoxy) is 1. The molecule has 19 nitrogen and oxygen atoms in total. The van der Waals surface area contributed by atoms with Gasteiger partial charge >= 0.3 is 29.8 Å². The van der Waals surface area contributed by atoms with Crippen LogP contribution < -0.4 is 11.1 Å². The van der Waals surface area contributed by atoms with Gasteiger partial charge in [0.25, 0.3) is 0 Å². The number of rotatable bonds is 18. The number of carboxylic acids is 3. The second-order valence-corrected chi connectivity index (χ2v) is 20.6. The van der Waals surface area contributed by atoms with E-state index in [1.165, 1.54) is 0 Å². The number of carbonyl (C=O) groups is 6. The SMILES string of the molecule is C[C@H](CCC(=O)OC(=O)[C@@H](N)CCCCNC(=O)CN1CCN(CC(=O)O)CCN(CC(=O)O)CCN(CC(=O)O)CC1)[C@H]1CCC2C3C(C[C@H](O)[C@@]21C)[C@@]1(C)CC[C@@H](O)C[C@H]1C[C@H]3O. The van der Waals surface area contributed by atoms with E-state index >= 15 is 0 Å². The van der Waals surface area contributed by atoms with Crippen molar-refractivity contribution in [2.75, 3.05) is 85.1 Å². The second kappa shape index (κ2) is 23.6. The van der Waals surface area contributed by atoms with Gasteiger partial charge in [-0.15, -0.1) is 0 Å². The standard InChI is InChI=1S/C46H78N6O13/c1-29(32-8-9-33-43-34(24-37(55)46(32,33)3)45(2)12-11-31(53)22-30(45)23-36(43)54)7-10-42(63)65-44(64)35(47)6-4-5-13-48-38(56)25-49-14-16-50(26-39(57)58)18-20-52(28-41(61)62)21-19-51(17-15-49)27-40(59)60/h29-37,43,53-55H,4-28,47H2,1-3H3,(H,48,56)(H,57,58)(H,59,60)(H,61,62)/t29-,30+,31-,32-,33?,34?,35+,36-,37+,43?,45+,46-/m1/s1. The van der Waals surface area contributed by atoms with Gasteiger partial charge < -0.3 is 46.4 Å². The second-order valence-electron chi connectivity index (χ2n) is 20.6. The Morgan fingerprint density at radius 1 is 0.708 bits per heavy atom. The quantitative estimate of drug-likeness (QED) is 0.0529. The number of nitrogens with zero attached hydrogens (tertiary/aromatic N) is 4. The smallest absolute Gasteiger partial charge is 0.330 e. The summed E-state index contributed by atoms with van der Waals surface area (Å²) in [5, 5.41) is 65.0. The Bertz CT molecular complexity index is 1630. The van der Waals surface area contributed by atoms with Crippen LogP contribution in [-0.2, 0) is 33.5 Å². The minimum Gasteiger partial charge on any atom is -0.480 e. The largest absolute Gasteiger partial charge is 0.480 e. The zero-order valence-corrected chi connectivity index (χ0v) is 38.9. The number of nitrogens with one attached hydrogen (secondary N) is 1. The summed E-state index contributed by atoms with van der Waals surface area (Å²) in [6.07, 6.45) is 5.91. The molecule has 0 radical (unpaired) electrons. The first kappa shape index (κ1) is 52.7. The highest BCUT2D eigenvalue weighted by molar-refractivity contribution is 5.88. The minimum atomic E-state index is -1.04. The maximum Gasteiger partial charge on any atom is 0.330 e. The predicted molar refractivity (Wildman–Crippen MR) is 237 cm³/mol. The van der Waals surface area contributed by atoms with Crippen molar-refractivity contribution in [3.05, 3.63) is 0 Å². The minimum absolute atomic E-state index is 0.0115. The number of carboxylic acid groups (broad SMARTS) is 3. The van der Waals surface area contributed by atoms with E-state index in [-0.39, 0.29) is 118 Å². The van der Waals surface area contributed by atoms with Crippen LogP contribution in [0.3, 0.4) is 0 Å². The molecule has 1 heterocycles. The lowest BCUT2D eigenvalue weighted by atomic mass is 9.43. The fourth-order valence-corrected chi connectivity index (χ4v) is 12.8. The first-order valence-corrected chi connectivity index (χ1v) is 24.1. The maximum atomic E-state index is 13.0. The topological polar surface area (TPSA) is 284 Å². The summed E-state index contributed by atoms with van der Waals surface area (Å²) in [7, 11) is 0. The van der Waals surface area contributed by atoms with Crippen molar-refractivity contribution in [3.63, 3.8) is 0 Å². The highest BCUT2D eigenvalue weighted by Gasteiger charge is 2.65. The Kier molecular flexibility index (Phi) is 19.1. The van der Waals surface area contributed by atoms with Crippen molar-refractivity contribution < 1.29 is 64.1 Å². The summed E-state index contributed by atoms with van der Waals surface area (Å²) in [5.74, 6) is -3.93. The zero-order chi connectivity index (χ0) is 47.6. The van der Waals surface area contributed by atoms with Gasteiger partial charge in [0.1, 0.15) is 6.04 Å². The molecule has 0 spiro atoms. The van der Waals surface area contributed by atoms with Crippen LogP contribution in [0.25, 0.3) is 0 Å². The fourth-order valence-electron chi connectivity index (χ4n) is 12.8. The zero-order valence-electron chi connectivity index (χ0n) is 38.9. The van der Waals surface area contributed by atoms with Crippen molar-refractivity contribution >= 4 is 35.8 Å². The van der Waals surface area contributed by atoms with Crippen molar-refractivity contribution in [2.45, 2.75) is 122 Å². The summed E-state index contributed by atoms with van der Waals surface area (Å²) in [4.78, 5) is 80.1. The molecule has 4 aliphatic carbocycles. The number of unbranched alkanes of at least 4 members (excludes halogenated alkanes) is 1. The molecule has 5 aliphatic rings. The van der Waals surface area contributed by atoms with E-state index in [0.29, 0.717) is 71.2 Å². The number of amides is 1. The van der Waals surface area contributed by atoms with E-state index in [1.807, 2.05) is 4.90 Å². The van der Waals surface area contributed by atoms with Crippen LogP contribution in [0.15, 0.2) is 0 Å². The number of aliphatic hydroxyl groups is 3. The number of aliphatic carboxylic acids is 3. The van der Waals surface area contributed by atoms with Gasteiger partial charge in [-0.2, -0.15) is 0 Å². The third kappa shape index (κ3) is 13.9. The number of fused-ring (bicyclic) bond motifs is 5. The Labute approximate surface area is 383 Å². The van der Waals surface area contributed by atoms with E-state index in [9.17, 15) is 59.4 Å². The van der Waals surface area contributed by atoms with Crippen LogP contribution in [0.1, 0.15) is 97.8 Å². The molecule has 4 saturated carbocycles. The summed E-state index contributed by atoms with van der Waals surface area (Å²) >= 11 is 0. The number of esters is 2. The number of hydrogen-bond acceptors (Lipinski definition) is 15. The van der Waals surface area contributed by atoms with Crippen molar-refractivity contribution in [1.82, 2.24) is 24.9 Å². The molecule has 1 aliphatic heterocycles. The molecular formula is C46H78N6O13. The van der Waals surface area contributed by atoms with Crippen LogP contribution in [0.4, 0.5) is 0 Å². The van der Waals surface area contributed by atoms with Crippen LogP contribution >= 0.6 is 0 Å². The normalized spacial score (nSPS) is 34.1. The first-order valence-electron chi connectivity index (χ1n) is 24.1. The van der Waals surface area contributed by atoms with Crippen molar-refractivity contribution in [2.24, 2.45) is 52.1 Å². The Morgan fingerprint density at radius 2 is 1.25 bits per heavy atom. The molecule has 9 N–H and O–H groups in total. The molecule has 370 valence electrons. The van der Waals surface area contributed by atoms with Gasteiger partial charge in [0.05, 0.1) is 44.5 Å². The molecule has 0 bridgehead atoms. The first-order chi connectivity index (χ1) is 30.7. The number of nitrogens with two attached hydrogens (primary N) is 1. The molecular weight excluding hydrogens is 845 g/mol. The monoisotopic (exact) mass is 923 g/mol. The third-order valence-electron chi connectivity index (χ3n) is 16.5. The third-order valence-corrected chi connectivity index (χ3v) is 16.5. The number of carbonyl (C=O) groups excluding carboxylic acids is 3. The molecule has 5 fully saturated rings. The Hall–Kier alpha value is -3.30. The predicted octanol–water partition coefficient (Wildman–Crippen LogP) is 0.523. The number of aliphatic hydroxyl groups excluding tert-OH is 3. The average molecular weight is 923 g/mol.